The molecule has 1 saturated heterocycles. The van der Waals surface area contributed by atoms with Crippen LogP contribution in [0.3, 0.4) is 0 Å². The van der Waals surface area contributed by atoms with Gasteiger partial charge in [0.15, 0.2) is 5.60 Å². The molecule has 0 saturated carbocycles. The predicted molar refractivity (Wildman–Crippen MR) is 109 cm³/mol. The van der Waals surface area contributed by atoms with Gasteiger partial charge >= 0.3 is 0 Å². The Morgan fingerprint density at radius 1 is 1.26 bits per heavy atom. The van der Waals surface area contributed by atoms with Crippen molar-refractivity contribution < 1.29 is 39.1 Å². The largest absolute Gasteiger partial charge is 0.460 e. The van der Waals surface area contributed by atoms with E-state index in [2.05, 4.69) is 5.32 Å². The van der Waals surface area contributed by atoms with Crippen LogP contribution in [-0.2, 0) is 4.74 Å². The highest BCUT2D eigenvalue weighted by Crippen LogP contribution is 2.36. The summed E-state index contributed by atoms with van der Waals surface area (Å²) in [6.45, 7) is 0.624. The van der Waals surface area contributed by atoms with Crippen LogP contribution in [0.15, 0.2) is 36.4 Å². The molecule has 1 aliphatic heterocycles. The second-order valence-electron chi connectivity index (χ2n) is 7.39. The monoisotopic (exact) mass is 455 g/mol. The first kappa shape index (κ1) is 23.4. The summed E-state index contributed by atoms with van der Waals surface area (Å²) in [5, 5.41) is 42.5. The topological polar surface area (TPSA) is 128 Å². The van der Waals surface area contributed by atoms with Gasteiger partial charge in [-0.3, -0.25) is 4.79 Å². The van der Waals surface area contributed by atoms with E-state index < -0.39 is 48.5 Å². The molecule has 1 aliphatic rings. The molecule has 10 heteroatoms. The van der Waals surface area contributed by atoms with Crippen LogP contribution in [0.1, 0.15) is 17.3 Å². The molecule has 0 radical (unpaired) electrons. The van der Waals surface area contributed by atoms with Crippen molar-refractivity contribution in [2.24, 2.45) is 0 Å². The Morgan fingerprint density at radius 2 is 1.90 bits per heavy atom. The van der Waals surface area contributed by atoms with Gasteiger partial charge in [0.05, 0.1) is 17.2 Å². The van der Waals surface area contributed by atoms with Crippen LogP contribution in [0.5, 0.6) is 5.75 Å². The van der Waals surface area contributed by atoms with E-state index in [9.17, 15) is 29.6 Å². The summed E-state index contributed by atoms with van der Waals surface area (Å²) in [6.07, 6.45) is -5.74. The molecule has 0 spiro atoms. The second-order valence-corrected chi connectivity index (χ2v) is 7.79. The van der Waals surface area contributed by atoms with Crippen LogP contribution < -0.4 is 10.1 Å². The molecular weight excluding hydrogens is 433 g/mol. The summed E-state index contributed by atoms with van der Waals surface area (Å²) < 4.78 is 24.9. The summed E-state index contributed by atoms with van der Waals surface area (Å²) in [4.78, 5) is 11.8. The van der Waals surface area contributed by atoms with Crippen LogP contribution in [0.2, 0.25) is 5.02 Å². The van der Waals surface area contributed by atoms with Crippen molar-refractivity contribution in [3.8, 4) is 16.9 Å². The van der Waals surface area contributed by atoms with Crippen LogP contribution in [0.4, 0.5) is 4.39 Å². The molecule has 168 valence electrons. The second kappa shape index (κ2) is 9.07. The number of hydrogen-bond donors (Lipinski definition) is 5. The number of aliphatic hydroxyl groups is 4. The molecule has 5 atom stereocenters. The van der Waals surface area contributed by atoms with Gasteiger partial charge in [-0.25, -0.2) is 4.39 Å². The quantitative estimate of drug-likeness (QED) is 0.456. The van der Waals surface area contributed by atoms with E-state index in [1.54, 1.807) is 6.07 Å². The lowest BCUT2D eigenvalue weighted by molar-refractivity contribution is -0.314. The summed E-state index contributed by atoms with van der Waals surface area (Å²) >= 11 is 6.31. The van der Waals surface area contributed by atoms with Crippen LogP contribution >= 0.6 is 11.6 Å². The minimum Gasteiger partial charge on any atom is -0.460 e. The maximum atomic E-state index is 13.9. The standard InChI is InChI=1S/C21H23ClFNO7/c1-21(29)18(27)17(26)16(9-25)31-20(21)30-15-6-4-11(8-13(15)22)10-3-5-14(23)12(7-10)19(28)24-2/h3-8,16-18,20,25-27,29H,9H2,1-2H3,(H,24,28)/t16-,17-,18+,20?,21+/m1/s1. The number of halogens is 2. The maximum Gasteiger partial charge on any atom is 0.254 e. The minimum absolute atomic E-state index is 0.101. The van der Waals surface area contributed by atoms with E-state index in [0.29, 0.717) is 11.1 Å². The average molecular weight is 456 g/mol. The lowest BCUT2D eigenvalue weighted by Crippen LogP contribution is -2.66. The normalized spacial score (nSPS) is 28.3. The number of amides is 1. The summed E-state index contributed by atoms with van der Waals surface area (Å²) in [5.74, 6) is -1.13. The Labute approximate surface area is 182 Å². The zero-order valence-corrected chi connectivity index (χ0v) is 17.5. The van der Waals surface area contributed by atoms with Gasteiger partial charge in [0.2, 0.25) is 6.29 Å². The molecule has 5 N–H and O–H groups in total. The lowest BCUT2D eigenvalue weighted by Gasteiger charge is -2.45. The molecule has 2 aromatic carbocycles. The van der Waals surface area contributed by atoms with Gasteiger partial charge in [-0.15, -0.1) is 0 Å². The zero-order chi connectivity index (χ0) is 22.9. The predicted octanol–water partition coefficient (Wildman–Crippen LogP) is 1.07. The first-order valence-corrected chi connectivity index (χ1v) is 9.81. The van der Waals surface area contributed by atoms with Crippen LogP contribution in [0.25, 0.3) is 11.1 Å². The van der Waals surface area contributed by atoms with E-state index in [4.69, 9.17) is 21.1 Å². The third-order valence-corrected chi connectivity index (χ3v) is 5.49. The number of aliphatic hydroxyl groups excluding tert-OH is 3. The van der Waals surface area contributed by atoms with Crippen molar-refractivity contribution in [2.75, 3.05) is 13.7 Å². The number of benzene rings is 2. The Bertz CT molecular complexity index is 971. The fourth-order valence-electron chi connectivity index (χ4n) is 3.27. The highest BCUT2D eigenvalue weighted by Gasteiger charge is 2.53. The smallest absolute Gasteiger partial charge is 0.254 e. The molecule has 0 aromatic heterocycles. The van der Waals surface area contributed by atoms with Gasteiger partial charge in [0.25, 0.3) is 5.91 Å². The highest BCUT2D eigenvalue weighted by atomic mass is 35.5. The number of rotatable bonds is 5. The first-order chi connectivity index (χ1) is 14.6. The molecule has 0 aliphatic carbocycles. The third kappa shape index (κ3) is 4.52. The molecule has 1 amide bonds. The molecule has 1 heterocycles. The van der Waals surface area contributed by atoms with E-state index in [1.807, 2.05) is 0 Å². The Kier molecular flexibility index (Phi) is 6.85. The van der Waals surface area contributed by atoms with Crippen molar-refractivity contribution >= 4 is 17.5 Å². The van der Waals surface area contributed by atoms with Gasteiger partial charge in [0.1, 0.15) is 29.9 Å². The molecule has 1 fully saturated rings. The zero-order valence-electron chi connectivity index (χ0n) is 16.8. The maximum absolute atomic E-state index is 13.9. The molecule has 0 bridgehead atoms. The lowest BCUT2D eigenvalue weighted by atomic mass is 9.88. The SMILES string of the molecule is CNC(=O)c1cc(-c2ccc(OC3O[C@H](CO)[C@@H](O)[C@H](O)[C@]3(C)O)c(Cl)c2)ccc1F. The van der Waals surface area contributed by atoms with Crippen molar-refractivity contribution in [1.82, 2.24) is 5.32 Å². The third-order valence-electron chi connectivity index (χ3n) is 5.20. The van der Waals surface area contributed by atoms with E-state index >= 15 is 0 Å². The molecule has 1 unspecified atom stereocenters. The number of carbonyl (C=O) groups excluding carboxylic acids is 1. The fraction of sp³-hybridized carbons (Fsp3) is 0.381. The highest BCUT2D eigenvalue weighted by molar-refractivity contribution is 6.32. The summed E-state index contributed by atoms with van der Waals surface area (Å²) in [6, 6.07) is 8.66. The van der Waals surface area contributed by atoms with Crippen molar-refractivity contribution in [2.45, 2.75) is 37.1 Å². The minimum atomic E-state index is -1.99. The van der Waals surface area contributed by atoms with E-state index in [-0.39, 0.29) is 16.3 Å². The van der Waals surface area contributed by atoms with Crippen molar-refractivity contribution in [3.63, 3.8) is 0 Å². The van der Waals surface area contributed by atoms with E-state index in [0.717, 1.165) is 0 Å². The molecule has 3 rings (SSSR count). The van der Waals surface area contributed by atoms with Gasteiger partial charge in [-0.05, 0) is 42.3 Å². The van der Waals surface area contributed by atoms with Crippen LogP contribution in [0, 0.1) is 5.82 Å². The fourth-order valence-corrected chi connectivity index (χ4v) is 3.49. The number of hydrogen-bond acceptors (Lipinski definition) is 7. The van der Waals surface area contributed by atoms with Crippen LogP contribution in [-0.4, -0.2) is 70.2 Å². The van der Waals surface area contributed by atoms with Gasteiger partial charge in [0, 0.05) is 7.05 Å². The van der Waals surface area contributed by atoms with E-state index in [1.165, 1.54) is 44.3 Å². The Hall–Kier alpha value is -2.27. The number of ether oxygens (including phenoxy) is 2. The van der Waals surface area contributed by atoms with Gasteiger partial charge in [-0.1, -0.05) is 23.7 Å². The Morgan fingerprint density at radius 3 is 2.52 bits per heavy atom. The molecule has 8 nitrogen and oxygen atoms in total. The first-order valence-electron chi connectivity index (χ1n) is 9.43. The molecule has 2 aromatic rings. The van der Waals surface area contributed by atoms with Crippen molar-refractivity contribution in [3.05, 3.63) is 52.8 Å². The van der Waals surface area contributed by atoms with Gasteiger partial charge < -0.3 is 35.2 Å². The average Bonchev–Trinajstić information content (AvgIpc) is 2.75. The van der Waals surface area contributed by atoms with Crippen molar-refractivity contribution in [1.29, 1.82) is 0 Å². The summed E-state index contributed by atoms with van der Waals surface area (Å²) in [7, 11) is 1.40. The molecular formula is C21H23ClFNO7. The summed E-state index contributed by atoms with van der Waals surface area (Å²) in [5.41, 5.74) is -1.01. The number of carbonyl (C=O) groups is 1. The number of nitrogens with one attached hydrogen (secondary N) is 1. The Balaban J connectivity index is 1.87. The molecule has 31 heavy (non-hydrogen) atoms. The van der Waals surface area contributed by atoms with Gasteiger partial charge in [-0.2, -0.15) is 0 Å².